The topological polar surface area (TPSA) is 58.9 Å². The molecule has 0 saturated heterocycles. The minimum absolute atomic E-state index is 0.0402. The molecule has 2 saturated carbocycles. The monoisotopic (exact) mass is 560 g/mol. The summed E-state index contributed by atoms with van der Waals surface area (Å²) in [6.07, 6.45) is 36.0. The van der Waals surface area contributed by atoms with Gasteiger partial charge in [0.1, 0.15) is 0 Å². The quantitative estimate of drug-likeness (QED) is 0.0905. The predicted octanol–water partition coefficient (Wildman–Crippen LogP) is 11.2. The van der Waals surface area contributed by atoms with Gasteiger partial charge < -0.3 is 0 Å². The highest BCUT2D eigenvalue weighted by molar-refractivity contribution is 5.23. The number of hydrogen-bond acceptors (Lipinski definition) is 4. The Morgan fingerprint density at radius 1 is 0.775 bits per heavy atom. The lowest BCUT2D eigenvalue weighted by molar-refractivity contribution is -0.259. The summed E-state index contributed by atoms with van der Waals surface area (Å²) in [5.41, 5.74) is 1.58. The van der Waals surface area contributed by atoms with Gasteiger partial charge in [0.2, 0.25) is 0 Å². The van der Waals surface area contributed by atoms with Crippen LogP contribution in [0.15, 0.2) is 23.8 Å². The maximum absolute atomic E-state index is 9.78. The molecule has 1 spiro atoms. The molecule has 0 bridgehead atoms. The molecule has 6 atom stereocenters. The Morgan fingerprint density at radius 3 is 2.17 bits per heavy atom. The minimum atomic E-state index is 0.0402. The molecule has 0 aromatic rings. The predicted molar refractivity (Wildman–Crippen MR) is 167 cm³/mol. The van der Waals surface area contributed by atoms with Crippen molar-refractivity contribution in [3.8, 4) is 0 Å². The molecule has 3 aliphatic rings. The molecule has 0 heterocycles. The van der Waals surface area contributed by atoms with Crippen molar-refractivity contribution in [1.29, 1.82) is 0 Å². The molecule has 3 rings (SSSR count). The van der Waals surface area contributed by atoms with E-state index in [1.807, 2.05) is 0 Å². The second-order valence-corrected chi connectivity index (χ2v) is 13.7. The smallest absolute Gasteiger partial charge is 0.0884 e. The van der Waals surface area contributed by atoms with E-state index in [2.05, 4.69) is 32.1 Å². The van der Waals surface area contributed by atoms with Crippen LogP contribution in [0.2, 0.25) is 0 Å². The van der Waals surface area contributed by atoms with Gasteiger partial charge in [0, 0.05) is 5.92 Å². The van der Waals surface area contributed by atoms with E-state index in [9.17, 15) is 10.5 Å². The van der Waals surface area contributed by atoms with Crippen LogP contribution in [-0.4, -0.2) is 23.7 Å². The third-order valence-corrected chi connectivity index (χ3v) is 11.0. The van der Waals surface area contributed by atoms with Gasteiger partial charge in [0.05, 0.1) is 13.2 Å². The minimum Gasteiger partial charge on any atom is -0.252 e. The normalized spacial score (nSPS) is 33.0. The van der Waals surface area contributed by atoms with Crippen LogP contribution in [0, 0.1) is 35.0 Å². The van der Waals surface area contributed by atoms with Crippen LogP contribution in [0.4, 0.5) is 0 Å². The third kappa shape index (κ3) is 9.96. The first kappa shape index (κ1) is 33.8. The summed E-state index contributed by atoms with van der Waals surface area (Å²) in [6.45, 7) is 5.49. The van der Waals surface area contributed by atoms with Gasteiger partial charge in [-0.15, -0.1) is 0 Å². The summed E-state index contributed by atoms with van der Waals surface area (Å²) < 4.78 is 0. The largest absolute Gasteiger partial charge is 0.252 e. The van der Waals surface area contributed by atoms with Crippen LogP contribution in [0.25, 0.3) is 0 Å². The highest BCUT2D eigenvalue weighted by atomic mass is 17.1. The zero-order valence-corrected chi connectivity index (χ0v) is 26.3. The molecule has 0 aromatic heterocycles. The molecule has 5 unspecified atom stereocenters. The second kappa shape index (κ2) is 19.5. The van der Waals surface area contributed by atoms with E-state index in [4.69, 9.17) is 9.78 Å². The Balaban J connectivity index is 2.07. The van der Waals surface area contributed by atoms with Gasteiger partial charge in [-0.05, 0) is 74.0 Å². The van der Waals surface area contributed by atoms with Gasteiger partial charge in [-0.1, -0.05) is 134 Å². The van der Waals surface area contributed by atoms with Crippen LogP contribution in [0.1, 0.15) is 155 Å². The maximum Gasteiger partial charge on any atom is 0.0884 e. The van der Waals surface area contributed by atoms with E-state index in [0.717, 1.165) is 19.3 Å². The molecule has 232 valence electrons. The van der Waals surface area contributed by atoms with E-state index in [1.54, 1.807) is 5.57 Å². The first-order valence-corrected chi connectivity index (χ1v) is 17.6. The van der Waals surface area contributed by atoms with Gasteiger partial charge in [0.25, 0.3) is 0 Å². The fraction of sp³-hybridized carbons (Fsp3) is 0.889. The van der Waals surface area contributed by atoms with Crippen LogP contribution >= 0.6 is 0 Å². The lowest BCUT2D eigenvalue weighted by atomic mass is 9.52. The molecule has 2 fully saturated rings. The Labute approximate surface area is 247 Å². The fourth-order valence-corrected chi connectivity index (χ4v) is 8.65. The van der Waals surface area contributed by atoms with Crippen molar-refractivity contribution in [2.24, 2.45) is 35.0 Å². The lowest BCUT2D eigenvalue weighted by Gasteiger charge is -2.52. The summed E-state index contributed by atoms with van der Waals surface area (Å²) in [5.74, 6) is 2.39. The third-order valence-electron chi connectivity index (χ3n) is 11.0. The number of hydrogen-bond donors (Lipinski definition) is 2. The van der Waals surface area contributed by atoms with Gasteiger partial charge >= 0.3 is 0 Å². The summed E-state index contributed by atoms with van der Waals surface area (Å²) in [6, 6.07) is 0. The average molecular weight is 561 g/mol. The summed E-state index contributed by atoms with van der Waals surface area (Å²) in [4.78, 5) is 9.84. The van der Waals surface area contributed by atoms with E-state index in [1.165, 1.54) is 122 Å². The van der Waals surface area contributed by atoms with Crippen molar-refractivity contribution in [2.75, 3.05) is 13.2 Å². The molecule has 2 N–H and O–H groups in total. The van der Waals surface area contributed by atoms with E-state index >= 15 is 0 Å². The Hall–Kier alpha value is -0.680. The van der Waals surface area contributed by atoms with E-state index in [0.29, 0.717) is 42.8 Å². The molecule has 0 aliphatic heterocycles. The van der Waals surface area contributed by atoms with Crippen molar-refractivity contribution < 1.29 is 20.3 Å². The second-order valence-electron chi connectivity index (χ2n) is 13.7. The van der Waals surface area contributed by atoms with Gasteiger partial charge in [-0.25, -0.2) is 9.78 Å². The van der Waals surface area contributed by atoms with E-state index < -0.39 is 0 Å². The van der Waals surface area contributed by atoms with Crippen molar-refractivity contribution in [3.63, 3.8) is 0 Å². The van der Waals surface area contributed by atoms with Crippen molar-refractivity contribution in [1.82, 2.24) is 0 Å². The molecule has 4 heteroatoms. The summed E-state index contributed by atoms with van der Waals surface area (Å²) >= 11 is 0. The fourth-order valence-electron chi connectivity index (χ4n) is 8.65. The summed E-state index contributed by atoms with van der Waals surface area (Å²) in [5, 5.41) is 19.3. The van der Waals surface area contributed by atoms with Gasteiger partial charge in [0.15, 0.2) is 0 Å². The molecule has 40 heavy (non-hydrogen) atoms. The molecular formula is C36H64O4. The van der Waals surface area contributed by atoms with Crippen LogP contribution < -0.4 is 0 Å². The zero-order chi connectivity index (χ0) is 28.5. The average Bonchev–Trinajstić information content (AvgIpc) is 2.94. The Morgan fingerprint density at radius 2 is 1.45 bits per heavy atom. The van der Waals surface area contributed by atoms with Gasteiger partial charge in [-0.2, -0.15) is 0 Å². The van der Waals surface area contributed by atoms with Crippen LogP contribution in [0.5, 0.6) is 0 Å². The van der Waals surface area contributed by atoms with Crippen LogP contribution in [0.3, 0.4) is 0 Å². The highest BCUT2D eigenvalue weighted by Crippen LogP contribution is 2.56. The molecule has 0 aromatic carbocycles. The lowest BCUT2D eigenvalue weighted by Crippen LogP contribution is -2.46. The van der Waals surface area contributed by atoms with Gasteiger partial charge in [-0.3, -0.25) is 10.5 Å². The SMILES string of the molecule is CCCCCCC1C=C[C@@]2(CCCCCCC2COO)C(/C=C2/CCCCCCC2COO)C1CCCCCC. The number of allylic oxidation sites excluding steroid dienone is 3. The molecular weight excluding hydrogens is 496 g/mol. The Bertz CT molecular complexity index is 718. The molecule has 3 aliphatic carbocycles. The number of rotatable bonds is 15. The molecule has 4 nitrogen and oxygen atoms in total. The van der Waals surface area contributed by atoms with Crippen LogP contribution in [-0.2, 0) is 9.78 Å². The summed E-state index contributed by atoms with van der Waals surface area (Å²) in [7, 11) is 0. The molecule has 0 radical (unpaired) electrons. The van der Waals surface area contributed by atoms with E-state index in [-0.39, 0.29) is 5.41 Å². The van der Waals surface area contributed by atoms with Crippen molar-refractivity contribution in [3.05, 3.63) is 23.8 Å². The Kier molecular flexibility index (Phi) is 16.5. The highest BCUT2D eigenvalue weighted by Gasteiger charge is 2.49. The number of unbranched alkanes of at least 4 members (excludes halogenated alkanes) is 6. The standard InChI is InChI=1S/C36H64O4/c1-3-5-7-13-19-30-24-26-36(25-18-12-11-16-22-33(36)29-40-38)35(34(30)23-17-8-6-4-2)27-31-20-14-9-10-15-21-32(31)28-39-37/h24,26-27,30,32-35,37-38H,3-23,25,28-29H2,1-2H3/b31-27-/t30?,32?,33?,34?,35?,36-/m1/s1. The zero-order valence-electron chi connectivity index (χ0n) is 26.3. The van der Waals surface area contributed by atoms with Crippen molar-refractivity contribution in [2.45, 2.75) is 155 Å². The molecule has 0 amide bonds. The maximum atomic E-state index is 9.78. The van der Waals surface area contributed by atoms with Crippen molar-refractivity contribution >= 4 is 0 Å². The first-order chi connectivity index (χ1) is 19.7. The first-order valence-electron chi connectivity index (χ1n) is 17.6.